The van der Waals surface area contributed by atoms with E-state index in [4.69, 9.17) is 0 Å². The van der Waals surface area contributed by atoms with Gasteiger partial charge in [0.25, 0.3) is 5.91 Å². The first-order valence-corrected chi connectivity index (χ1v) is 17.2. The smallest absolute Gasteiger partial charge is 0.329 e. The first-order valence-electron chi connectivity index (χ1n) is 14.6. The summed E-state index contributed by atoms with van der Waals surface area (Å²) in [5.74, 6) is -0.385. The molecule has 228 valence electrons. The Labute approximate surface area is 254 Å². The van der Waals surface area contributed by atoms with E-state index in [0.717, 1.165) is 40.6 Å². The first-order chi connectivity index (χ1) is 20.5. The third-order valence-corrected chi connectivity index (χ3v) is 10.7. The van der Waals surface area contributed by atoms with Crippen LogP contribution in [0, 0.1) is 0 Å². The summed E-state index contributed by atoms with van der Waals surface area (Å²) in [4.78, 5) is 69.8. The molecule has 1 aromatic carbocycles. The van der Waals surface area contributed by atoms with Crippen LogP contribution in [0.1, 0.15) is 58.8 Å². The number of pyridine rings is 1. The highest BCUT2D eigenvalue weighted by Gasteiger charge is 2.47. The van der Waals surface area contributed by atoms with Crippen LogP contribution in [0.4, 0.5) is 5.69 Å². The lowest BCUT2D eigenvalue weighted by Gasteiger charge is -2.43. The van der Waals surface area contributed by atoms with Gasteiger partial charge in [0.05, 0.1) is 11.0 Å². The molecule has 3 aliphatic rings. The SMILES string of the molecule is CN(C)c1ccncc1C1CN(C(=O)[C@@H]2CC[C@@H]3CCC[C@H](NC(=O)c4cc5cc(CP(=O)(O)O)ccc5s4)C(=O)N32)C1. The highest BCUT2D eigenvalue weighted by Crippen LogP contribution is 2.40. The van der Waals surface area contributed by atoms with Gasteiger partial charge in [-0.15, -0.1) is 11.3 Å². The molecule has 0 radical (unpaired) electrons. The number of benzene rings is 1. The molecular formula is C30H36N5O6PS. The molecule has 3 amide bonds. The summed E-state index contributed by atoms with van der Waals surface area (Å²) < 4.78 is 12.2. The molecule has 5 heterocycles. The number of rotatable bonds is 7. The number of nitrogens with zero attached hydrogens (tertiary/aromatic N) is 4. The minimum atomic E-state index is -4.21. The summed E-state index contributed by atoms with van der Waals surface area (Å²) in [6.45, 7) is 1.19. The van der Waals surface area contributed by atoms with Gasteiger partial charge in [0, 0.05) is 67.5 Å². The van der Waals surface area contributed by atoms with Crippen molar-refractivity contribution in [2.75, 3.05) is 32.1 Å². The molecule has 0 bridgehead atoms. The molecule has 0 aliphatic carbocycles. The molecule has 0 spiro atoms. The van der Waals surface area contributed by atoms with Gasteiger partial charge < -0.3 is 29.8 Å². The highest BCUT2D eigenvalue weighted by atomic mass is 32.1. The molecule has 3 atom stereocenters. The van der Waals surface area contributed by atoms with Crippen LogP contribution < -0.4 is 10.2 Å². The Hall–Kier alpha value is -3.31. The van der Waals surface area contributed by atoms with Crippen molar-refractivity contribution in [2.24, 2.45) is 0 Å². The van der Waals surface area contributed by atoms with E-state index in [2.05, 4.69) is 15.2 Å². The van der Waals surface area contributed by atoms with Gasteiger partial charge in [-0.2, -0.15) is 0 Å². The number of anilines is 1. The zero-order valence-electron chi connectivity index (χ0n) is 24.2. The second-order valence-electron chi connectivity index (χ2n) is 12.0. The largest absolute Gasteiger partial charge is 0.377 e. The van der Waals surface area contributed by atoms with Crippen LogP contribution in [-0.4, -0.2) is 87.6 Å². The summed E-state index contributed by atoms with van der Waals surface area (Å²) >= 11 is 1.27. The average molecular weight is 626 g/mol. The lowest BCUT2D eigenvalue weighted by molar-refractivity contribution is -0.148. The quantitative estimate of drug-likeness (QED) is 0.340. The van der Waals surface area contributed by atoms with Gasteiger partial charge in [-0.25, -0.2) is 0 Å². The molecule has 3 aliphatic heterocycles. The van der Waals surface area contributed by atoms with E-state index in [1.807, 2.05) is 31.3 Å². The minimum Gasteiger partial charge on any atom is -0.377 e. The van der Waals surface area contributed by atoms with Crippen molar-refractivity contribution in [3.05, 3.63) is 58.7 Å². The van der Waals surface area contributed by atoms with Gasteiger partial charge in [-0.05, 0) is 67.3 Å². The Morgan fingerprint density at radius 1 is 1.12 bits per heavy atom. The number of amides is 3. The van der Waals surface area contributed by atoms with Gasteiger partial charge in [-0.3, -0.25) is 23.9 Å². The first kappa shape index (κ1) is 29.7. The predicted octanol–water partition coefficient (Wildman–Crippen LogP) is 3.31. The average Bonchev–Trinajstić information content (AvgIpc) is 3.51. The van der Waals surface area contributed by atoms with Crippen LogP contribution in [0.2, 0.25) is 0 Å². The van der Waals surface area contributed by atoms with E-state index < -0.39 is 19.7 Å². The monoisotopic (exact) mass is 625 g/mol. The van der Waals surface area contributed by atoms with E-state index in [1.165, 1.54) is 11.3 Å². The number of nitrogens with one attached hydrogen (secondary N) is 1. The molecule has 3 aromatic rings. The number of thiophene rings is 1. The van der Waals surface area contributed by atoms with E-state index in [1.54, 1.807) is 35.4 Å². The van der Waals surface area contributed by atoms with Crippen molar-refractivity contribution in [1.29, 1.82) is 0 Å². The van der Waals surface area contributed by atoms with Crippen LogP contribution in [0.15, 0.2) is 42.7 Å². The van der Waals surface area contributed by atoms with Crippen molar-refractivity contribution in [1.82, 2.24) is 20.1 Å². The molecular weight excluding hydrogens is 589 g/mol. The molecule has 11 nitrogen and oxygen atoms in total. The Morgan fingerprint density at radius 2 is 1.91 bits per heavy atom. The van der Waals surface area contributed by atoms with E-state index in [0.29, 0.717) is 36.4 Å². The molecule has 43 heavy (non-hydrogen) atoms. The number of likely N-dealkylation sites (tertiary alicyclic amines) is 1. The Morgan fingerprint density at radius 3 is 2.65 bits per heavy atom. The van der Waals surface area contributed by atoms with Crippen LogP contribution in [-0.2, 0) is 20.3 Å². The van der Waals surface area contributed by atoms with Crippen molar-refractivity contribution in [2.45, 2.75) is 62.3 Å². The van der Waals surface area contributed by atoms with Gasteiger partial charge >= 0.3 is 7.60 Å². The maximum Gasteiger partial charge on any atom is 0.329 e. The molecule has 13 heteroatoms. The minimum absolute atomic E-state index is 0.00383. The third kappa shape index (κ3) is 6.06. The van der Waals surface area contributed by atoms with Crippen molar-refractivity contribution < 1.29 is 28.7 Å². The highest BCUT2D eigenvalue weighted by molar-refractivity contribution is 7.50. The lowest BCUT2D eigenvalue weighted by Crippen LogP contribution is -2.58. The number of aromatic nitrogens is 1. The number of hydrogen-bond donors (Lipinski definition) is 3. The second kappa shape index (κ2) is 11.6. The summed E-state index contributed by atoms with van der Waals surface area (Å²) in [7, 11) is -0.228. The fourth-order valence-corrected chi connectivity index (χ4v) is 8.31. The van der Waals surface area contributed by atoms with Crippen LogP contribution in [0.3, 0.4) is 0 Å². The Balaban J connectivity index is 1.13. The number of hydrogen-bond acceptors (Lipinski definition) is 7. The molecule has 3 saturated heterocycles. The normalized spacial score (nSPS) is 22.7. The topological polar surface area (TPSA) is 143 Å². The number of carbonyl (C=O) groups excluding carboxylic acids is 3. The zero-order chi connectivity index (χ0) is 30.5. The van der Waals surface area contributed by atoms with Crippen LogP contribution in [0.25, 0.3) is 10.1 Å². The standard InChI is InChI=1S/C30H36N5O6PS/c1-33(2)24-10-11-31-14-22(24)20-15-34(16-20)30(38)25-8-7-21-4-3-5-23(29(37)35(21)25)32-28(36)27-13-19-12-18(17-42(39,40)41)6-9-26(19)43-27/h6,9-14,20-21,23,25H,3-5,7-8,15-17H2,1-2H3,(H,32,36)(H2,39,40,41)/t21-,23-,25-/m0/s1. The Bertz CT molecular complexity index is 1620. The second-order valence-corrected chi connectivity index (χ2v) is 14.8. The van der Waals surface area contributed by atoms with Crippen LogP contribution in [0.5, 0.6) is 0 Å². The fourth-order valence-electron chi connectivity index (χ4n) is 6.69. The number of fused-ring (bicyclic) bond motifs is 2. The summed E-state index contributed by atoms with van der Waals surface area (Å²) in [6.07, 6.45) is 6.76. The van der Waals surface area contributed by atoms with E-state index >= 15 is 0 Å². The van der Waals surface area contributed by atoms with Gasteiger partial charge in [0.15, 0.2) is 0 Å². The number of carbonyl (C=O) groups is 3. The van der Waals surface area contributed by atoms with Crippen molar-refractivity contribution in [3.63, 3.8) is 0 Å². The maximum absolute atomic E-state index is 13.8. The zero-order valence-corrected chi connectivity index (χ0v) is 25.9. The van der Waals surface area contributed by atoms with E-state index in [-0.39, 0.29) is 35.8 Å². The molecule has 3 N–H and O–H groups in total. The fraction of sp³-hybridized carbons (Fsp3) is 0.467. The molecule has 0 unspecified atom stereocenters. The van der Waals surface area contributed by atoms with Gasteiger partial charge in [0.2, 0.25) is 11.8 Å². The van der Waals surface area contributed by atoms with Gasteiger partial charge in [0.1, 0.15) is 12.1 Å². The third-order valence-electron chi connectivity index (χ3n) is 8.81. The summed E-state index contributed by atoms with van der Waals surface area (Å²) in [6, 6.07) is 7.51. The predicted molar refractivity (Wildman–Crippen MR) is 164 cm³/mol. The molecule has 6 rings (SSSR count). The summed E-state index contributed by atoms with van der Waals surface area (Å²) in [5.41, 5.74) is 2.70. The summed E-state index contributed by atoms with van der Waals surface area (Å²) in [5, 5.41) is 3.65. The molecule has 2 aromatic heterocycles. The van der Waals surface area contributed by atoms with Gasteiger partial charge in [-0.1, -0.05) is 6.07 Å². The Kier molecular flexibility index (Phi) is 8.06. The lowest BCUT2D eigenvalue weighted by atomic mass is 9.90. The molecule has 0 saturated carbocycles. The maximum atomic E-state index is 13.8. The van der Waals surface area contributed by atoms with Crippen molar-refractivity contribution >= 4 is 52.4 Å². The van der Waals surface area contributed by atoms with Crippen LogP contribution >= 0.6 is 18.9 Å². The van der Waals surface area contributed by atoms with E-state index in [9.17, 15) is 28.7 Å². The molecule has 3 fully saturated rings. The van der Waals surface area contributed by atoms with Crippen molar-refractivity contribution in [3.8, 4) is 0 Å².